The highest BCUT2D eigenvalue weighted by Gasteiger charge is 2.05. The Kier molecular flexibility index (Phi) is 4.68. The van der Waals surface area contributed by atoms with E-state index in [9.17, 15) is 0 Å². The van der Waals surface area contributed by atoms with E-state index in [0.29, 0.717) is 12.0 Å². The molecular weight excluding hydrogens is 306 g/mol. The molecule has 1 unspecified atom stereocenters. The smallest absolute Gasteiger partial charge is 0.249 e. The van der Waals surface area contributed by atoms with Crippen LogP contribution in [-0.4, -0.2) is 21.2 Å². The zero-order chi connectivity index (χ0) is 13.7. The summed E-state index contributed by atoms with van der Waals surface area (Å²) in [6.45, 7) is 4.22. The summed E-state index contributed by atoms with van der Waals surface area (Å²) < 4.78 is 0.957. The first-order chi connectivity index (χ1) is 9.19. The highest BCUT2D eigenvalue weighted by atomic mass is 79.9. The number of rotatable bonds is 5. The third-order valence-electron chi connectivity index (χ3n) is 2.69. The third kappa shape index (κ3) is 3.89. The van der Waals surface area contributed by atoms with Crippen molar-refractivity contribution in [2.24, 2.45) is 0 Å². The van der Waals surface area contributed by atoms with Crippen molar-refractivity contribution in [2.45, 2.75) is 26.3 Å². The zero-order valence-corrected chi connectivity index (χ0v) is 12.5. The van der Waals surface area contributed by atoms with Gasteiger partial charge in [-0.15, -0.1) is 5.10 Å². The quantitative estimate of drug-likeness (QED) is 0.881. The van der Waals surface area contributed by atoms with E-state index in [1.165, 1.54) is 0 Å². The summed E-state index contributed by atoms with van der Waals surface area (Å²) in [6, 6.07) is 8.16. The second-order valence-electron chi connectivity index (χ2n) is 4.22. The van der Waals surface area contributed by atoms with E-state index in [2.05, 4.69) is 55.6 Å². The van der Waals surface area contributed by atoms with Crippen molar-refractivity contribution in [3.63, 3.8) is 0 Å². The van der Waals surface area contributed by atoms with Gasteiger partial charge in [-0.3, -0.25) is 0 Å². The van der Waals surface area contributed by atoms with Crippen LogP contribution >= 0.6 is 15.9 Å². The lowest BCUT2D eigenvalue weighted by atomic mass is 10.3. The van der Waals surface area contributed by atoms with Gasteiger partial charge in [-0.1, -0.05) is 19.1 Å². The fraction of sp³-hybridized carbons (Fsp3) is 0.308. The van der Waals surface area contributed by atoms with Crippen LogP contribution in [-0.2, 0) is 0 Å². The number of hydrogen-bond acceptors (Lipinski definition) is 5. The molecule has 0 saturated carbocycles. The fourth-order valence-electron chi connectivity index (χ4n) is 1.46. The number of benzene rings is 1. The Morgan fingerprint density at radius 3 is 2.84 bits per heavy atom. The van der Waals surface area contributed by atoms with Gasteiger partial charge in [-0.05, 0) is 41.4 Å². The number of anilines is 3. The summed E-state index contributed by atoms with van der Waals surface area (Å²) in [5, 5.41) is 14.3. The van der Waals surface area contributed by atoms with Gasteiger partial charge in [-0.2, -0.15) is 10.1 Å². The number of nitrogens with one attached hydrogen (secondary N) is 2. The summed E-state index contributed by atoms with van der Waals surface area (Å²) in [6.07, 6.45) is 2.65. The van der Waals surface area contributed by atoms with Gasteiger partial charge in [0.2, 0.25) is 5.95 Å². The van der Waals surface area contributed by atoms with Gasteiger partial charge in [0.05, 0.1) is 11.9 Å². The third-order valence-corrected chi connectivity index (χ3v) is 3.38. The molecule has 19 heavy (non-hydrogen) atoms. The molecule has 2 aromatic rings. The molecule has 0 amide bonds. The maximum Gasteiger partial charge on any atom is 0.249 e. The largest absolute Gasteiger partial charge is 0.366 e. The average molecular weight is 322 g/mol. The molecule has 0 spiro atoms. The highest BCUT2D eigenvalue weighted by molar-refractivity contribution is 9.10. The van der Waals surface area contributed by atoms with Gasteiger partial charge in [0.1, 0.15) is 0 Å². The van der Waals surface area contributed by atoms with Gasteiger partial charge < -0.3 is 10.6 Å². The topological polar surface area (TPSA) is 62.7 Å². The summed E-state index contributed by atoms with van der Waals surface area (Å²) >= 11 is 3.47. The number of para-hydroxylation sites is 1. The Morgan fingerprint density at radius 2 is 2.11 bits per heavy atom. The molecule has 0 fully saturated rings. The number of hydrogen-bond donors (Lipinski definition) is 2. The summed E-state index contributed by atoms with van der Waals surface area (Å²) in [4.78, 5) is 4.38. The van der Waals surface area contributed by atoms with Crippen molar-refractivity contribution < 1.29 is 0 Å². The van der Waals surface area contributed by atoms with Gasteiger partial charge in [0.25, 0.3) is 0 Å². The average Bonchev–Trinajstić information content (AvgIpc) is 2.42. The molecule has 1 aromatic carbocycles. The maximum atomic E-state index is 4.38. The molecule has 1 heterocycles. The van der Waals surface area contributed by atoms with Gasteiger partial charge in [0.15, 0.2) is 5.82 Å². The molecule has 2 N–H and O–H groups in total. The predicted molar refractivity (Wildman–Crippen MR) is 80.6 cm³/mol. The van der Waals surface area contributed by atoms with Crippen LogP contribution < -0.4 is 10.6 Å². The van der Waals surface area contributed by atoms with Crippen molar-refractivity contribution in [1.82, 2.24) is 15.2 Å². The Balaban J connectivity index is 2.13. The molecule has 6 heteroatoms. The number of nitrogens with zero attached hydrogens (tertiary/aromatic N) is 3. The molecule has 1 atom stereocenters. The maximum absolute atomic E-state index is 4.38. The monoisotopic (exact) mass is 321 g/mol. The van der Waals surface area contributed by atoms with Crippen LogP contribution in [0.2, 0.25) is 0 Å². The SMILES string of the molecule is CCC(C)Nc1cnnc(Nc2ccccc2Br)n1. The molecule has 0 aliphatic rings. The van der Waals surface area contributed by atoms with Crippen molar-refractivity contribution in [3.8, 4) is 0 Å². The van der Waals surface area contributed by atoms with Crippen LogP contribution in [0.25, 0.3) is 0 Å². The van der Waals surface area contributed by atoms with Crippen molar-refractivity contribution in [1.29, 1.82) is 0 Å². The van der Waals surface area contributed by atoms with Gasteiger partial charge in [0, 0.05) is 10.5 Å². The first-order valence-electron chi connectivity index (χ1n) is 6.17. The Bertz CT molecular complexity index is 546. The van der Waals surface area contributed by atoms with Crippen LogP contribution in [0.1, 0.15) is 20.3 Å². The molecule has 0 saturated heterocycles. The molecule has 100 valence electrons. The minimum Gasteiger partial charge on any atom is -0.366 e. The molecule has 0 radical (unpaired) electrons. The van der Waals surface area contributed by atoms with E-state index < -0.39 is 0 Å². The molecule has 2 rings (SSSR count). The van der Waals surface area contributed by atoms with Crippen molar-refractivity contribution in [2.75, 3.05) is 10.6 Å². The molecule has 0 aliphatic heterocycles. The fourth-order valence-corrected chi connectivity index (χ4v) is 1.85. The molecule has 0 aliphatic carbocycles. The normalized spacial score (nSPS) is 11.9. The van der Waals surface area contributed by atoms with Crippen LogP contribution in [0.5, 0.6) is 0 Å². The Morgan fingerprint density at radius 1 is 1.32 bits per heavy atom. The minimum atomic E-state index is 0.355. The molecule has 1 aromatic heterocycles. The highest BCUT2D eigenvalue weighted by Crippen LogP contribution is 2.23. The Hall–Kier alpha value is -1.69. The standard InChI is InChI=1S/C13H16BrN5/c1-3-9(2)16-12-8-15-19-13(18-12)17-11-7-5-4-6-10(11)14/h4-9H,3H2,1-2H3,(H2,16,17,18,19). The van der Waals surface area contributed by atoms with E-state index in [0.717, 1.165) is 22.4 Å². The molecule has 5 nitrogen and oxygen atoms in total. The first-order valence-corrected chi connectivity index (χ1v) is 6.96. The lowest BCUT2D eigenvalue weighted by Crippen LogP contribution is -2.15. The Labute approximate surface area is 121 Å². The lowest BCUT2D eigenvalue weighted by Gasteiger charge is -2.12. The zero-order valence-electron chi connectivity index (χ0n) is 10.9. The predicted octanol–water partition coefficient (Wildman–Crippen LogP) is 3.59. The molecule has 0 bridgehead atoms. The van der Waals surface area contributed by atoms with Crippen LogP contribution in [0.4, 0.5) is 17.5 Å². The first kappa shape index (κ1) is 13.7. The minimum absolute atomic E-state index is 0.355. The summed E-state index contributed by atoms with van der Waals surface area (Å²) in [5.74, 6) is 1.19. The van der Waals surface area contributed by atoms with Crippen molar-refractivity contribution in [3.05, 3.63) is 34.9 Å². The summed E-state index contributed by atoms with van der Waals surface area (Å²) in [7, 11) is 0. The van der Waals surface area contributed by atoms with E-state index in [1.54, 1.807) is 6.20 Å². The second kappa shape index (κ2) is 6.47. The van der Waals surface area contributed by atoms with E-state index in [-0.39, 0.29) is 0 Å². The van der Waals surface area contributed by atoms with E-state index in [4.69, 9.17) is 0 Å². The lowest BCUT2D eigenvalue weighted by molar-refractivity contribution is 0.755. The van der Waals surface area contributed by atoms with Gasteiger partial charge >= 0.3 is 0 Å². The van der Waals surface area contributed by atoms with Crippen LogP contribution in [0, 0.1) is 0 Å². The summed E-state index contributed by atoms with van der Waals surface area (Å²) in [5.41, 5.74) is 0.907. The second-order valence-corrected chi connectivity index (χ2v) is 5.08. The van der Waals surface area contributed by atoms with E-state index >= 15 is 0 Å². The van der Waals surface area contributed by atoms with Crippen LogP contribution in [0.15, 0.2) is 34.9 Å². The van der Waals surface area contributed by atoms with Gasteiger partial charge in [-0.25, -0.2) is 0 Å². The van der Waals surface area contributed by atoms with Crippen molar-refractivity contribution >= 4 is 33.4 Å². The molecular formula is C13H16BrN5. The number of halogens is 1. The van der Waals surface area contributed by atoms with Crippen LogP contribution in [0.3, 0.4) is 0 Å². The van der Waals surface area contributed by atoms with E-state index in [1.807, 2.05) is 24.3 Å². The number of aromatic nitrogens is 3.